The Morgan fingerprint density at radius 1 is 0.862 bits per heavy atom. The number of anilines is 5. The minimum atomic E-state index is -0.331. The van der Waals surface area contributed by atoms with Gasteiger partial charge in [0.1, 0.15) is 5.82 Å². The van der Waals surface area contributed by atoms with Crippen LogP contribution in [0.5, 0.6) is 0 Å². The number of nitrogens with zero attached hydrogens (tertiary/aromatic N) is 2. The molecular formula is C22H23N5O2. The number of amides is 2. The van der Waals surface area contributed by atoms with E-state index in [2.05, 4.69) is 31.9 Å². The minimum Gasteiger partial charge on any atom is -0.378 e. The smallest absolute Gasteiger partial charge is 0.324 e. The third-order valence-corrected chi connectivity index (χ3v) is 4.57. The topological polar surface area (TPSA) is 78.5 Å². The molecule has 0 atom stereocenters. The van der Waals surface area contributed by atoms with Crippen LogP contribution in [0, 0.1) is 0 Å². The zero-order valence-corrected chi connectivity index (χ0v) is 16.0. The third-order valence-electron chi connectivity index (χ3n) is 4.57. The number of ether oxygens (including phenoxy) is 1. The van der Waals surface area contributed by atoms with Crippen molar-refractivity contribution in [2.75, 3.05) is 47.2 Å². The van der Waals surface area contributed by atoms with Gasteiger partial charge in [-0.05, 0) is 36.4 Å². The monoisotopic (exact) mass is 389 g/mol. The van der Waals surface area contributed by atoms with E-state index in [4.69, 9.17) is 4.74 Å². The number of rotatable bonds is 5. The van der Waals surface area contributed by atoms with Crippen molar-refractivity contribution in [3.63, 3.8) is 0 Å². The molecule has 0 aliphatic carbocycles. The number of benzene rings is 2. The Bertz CT molecular complexity index is 941. The molecule has 4 rings (SSSR count). The van der Waals surface area contributed by atoms with E-state index in [0.29, 0.717) is 5.82 Å². The van der Waals surface area contributed by atoms with Crippen molar-refractivity contribution in [2.45, 2.75) is 0 Å². The average molecular weight is 389 g/mol. The Morgan fingerprint density at radius 2 is 1.62 bits per heavy atom. The SMILES string of the molecule is O=C(Nc1ccccc1)Nc1ccc(Nc2ccccc2N2CCOCC2)cn1. The minimum absolute atomic E-state index is 0.331. The molecule has 29 heavy (non-hydrogen) atoms. The summed E-state index contributed by atoms with van der Waals surface area (Å²) in [5.41, 5.74) is 3.72. The first-order chi connectivity index (χ1) is 14.3. The number of hydrogen-bond donors (Lipinski definition) is 3. The fraction of sp³-hybridized carbons (Fsp3) is 0.182. The van der Waals surface area contributed by atoms with E-state index in [0.717, 1.165) is 49.1 Å². The van der Waals surface area contributed by atoms with Crippen molar-refractivity contribution < 1.29 is 9.53 Å². The Hall–Kier alpha value is -3.58. The van der Waals surface area contributed by atoms with Gasteiger partial charge in [-0.15, -0.1) is 0 Å². The third kappa shape index (κ3) is 5.03. The molecule has 148 valence electrons. The summed E-state index contributed by atoms with van der Waals surface area (Å²) in [5, 5.41) is 8.92. The number of para-hydroxylation sites is 3. The molecule has 2 amide bonds. The van der Waals surface area contributed by atoms with Crippen LogP contribution in [-0.2, 0) is 4.74 Å². The summed E-state index contributed by atoms with van der Waals surface area (Å²) in [7, 11) is 0. The van der Waals surface area contributed by atoms with Gasteiger partial charge in [-0.2, -0.15) is 0 Å². The van der Waals surface area contributed by atoms with Crippen LogP contribution in [0.15, 0.2) is 72.9 Å². The van der Waals surface area contributed by atoms with E-state index in [9.17, 15) is 4.79 Å². The zero-order chi connectivity index (χ0) is 19.9. The number of nitrogens with one attached hydrogen (secondary N) is 3. The van der Waals surface area contributed by atoms with Crippen LogP contribution in [0.25, 0.3) is 0 Å². The van der Waals surface area contributed by atoms with Crippen LogP contribution in [-0.4, -0.2) is 37.3 Å². The van der Waals surface area contributed by atoms with E-state index in [1.54, 1.807) is 12.3 Å². The summed E-state index contributed by atoms with van der Waals surface area (Å²) in [6.07, 6.45) is 1.70. The number of aromatic nitrogens is 1. The fourth-order valence-corrected chi connectivity index (χ4v) is 3.16. The molecule has 2 heterocycles. The lowest BCUT2D eigenvalue weighted by Gasteiger charge is -2.30. The summed E-state index contributed by atoms with van der Waals surface area (Å²) >= 11 is 0. The maximum absolute atomic E-state index is 12.1. The van der Waals surface area contributed by atoms with Crippen LogP contribution in [0.1, 0.15) is 0 Å². The number of hydrogen-bond acceptors (Lipinski definition) is 5. The zero-order valence-electron chi connectivity index (χ0n) is 16.0. The van der Waals surface area contributed by atoms with Gasteiger partial charge in [0.25, 0.3) is 0 Å². The molecule has 3 aromatic rings. The molecule has 1 aromatic heterocycles. The highest BCUT2D eigenvalue weighted by molar-refractivity contribution is 5.99. The molecule has 1 aliphatic rings. The summed E-state index contributed by atoms with van der Waals surface area (Å²) in [6, 6.07) is 20.8. The average Bonchev–Trinajstić information content (AvgIpc) is 2.77. The maximum Gasteiger partial charge on any atom is 0.324 e. The van der Waals surface area contributed by atoms with Gasteiger partial charge in [0.15, 0.2) is 0 Å². The van der Waals surface area contributed by atoms with E-state index in [1.165, 1.54) is 0 Å². The van der Waals surface area contributed by atoms with Crippen molar-refractivity contribution in [3.05, 3.63) is 72.9 Å². The standard InChI is InChI=1S/C22H23N5O2/c28-22(25-17-6-2-1-3-7-17)26-21-11-10-18(16-23-21)24-19-8-4-5-9-20(19)27-12-14-29-15-13-27/h1-11,16,24H,12-15H2,(H2,23,25,26,28). The lowest BCUT2D eigenvalue weighted by atomic mass is 10.2. The second-order valence-electron chi connectivity index (χ2n) is 6.62. The van der Waals surface area contributed by atoms with Crippen LogP contribution in [0.4, 0.5) is 33.4 Å². The number of carbonyl (C=O) groups excluding carboxylic acids is 1. The van der Waals surface area contributed by atoms with Crippen molar-refractivity contribution in [3.8, 4) is 0 Å². The summed E-state index contributed by atoms with van der Waals surface area (Å²) < 4.78 is 5.45. The maximum atomic E-state index is 12.1. The number of morpholine rings is 1. The first-order valence-corrected chi connectivity index (χ1v) is 9.56. The second kappa shape index (κ2) is 9.07. The highest BCUT2D eigenvalue weighted by Crippen LogP contribution is 2.29. The molecule has 0 saturated carbocycles. The first-order valence-electron chi connectivity index (χ1n) is 9.56. The van der Waals surface area contributed by atoms with Gasteiger partial charge in [-0.3, -0.25) is 5.32 Å². The molecule has 7 heteroatoms. The van der Waals surface area contributed by atoms with Gasteiger partial charge in [-0.25, -0.2) is 9.78 Å². The molecule has 0 radical (unpaired) electrons. The summed E-state index contributed by atoms with van der Waals surface area (Å²) in [4.78, 5) is 18.7. The van der Waals surface area contributed by atoms with E-state index >= 15 is 0 Å². The van der Waals surface area contributed by atoms with Crippen LogP contribution >= 0.6 is 0 Å². The molecule has 2 aromatic carbocycles. The van der Waals surface area contributed by atoms with E-state index in [1.807, 2.05) is 54.6 Å². The number of carbonyl (C=O) groups is 1. The molecular weight excluding hydrogens is 366 g/mol. The highest BCUT2D eigenvalue weighted by Gasteiger charge is 2.14. The molecule has 1 fully saturated rings. The van der Waals surface area contributed by atoms with Gasteiger partial charge < -0.3 is 20.3 Å². The largest absolute Gasteiger partial charge is 0.378 e. The van der Waals surface area contributed by atoms with Crippen molar-refractivity contribution in [1.29, 1.82) is 0 Å². The second-order valence-corrected chi connectivity index (χ2v) is 6.62. The quantitative estimate of drug-likeness (QED) is 0.606. The Morgan fingerprint density at radius 3 is 2.38 bits per heavy atom. The van der Waals surface area contributed by atoms with Gasteiger partial charge in [0.2, 0.25) is 0 Å². The lowest BCUT2D eigenvalue weighted by molar-refractivity contribution is 0.123. The molecule has 1 aliphatic heterocycles. The van der Waals surface area contributed by atoms with Crippen LogP contribution < -0.4 is 20.9 Å². The lowest BCUT2D eigenvalue weighted by Crippen LogP contribution is -2.36. The van der Waals surface area contributed by atoms with Crippen LogP contribution in [0.2, 0.25) is 0 Å². The molecule has 7 nitrogen and oxygen atoms in total. The van der Waals surface area contributed by atoms with Gasteiger partial charge >= 0.3 is 6.03 Å². The predicted molar refractivity (Wildman–Crippen MR) is 116 cm³/mol. The molecule has 0 bridgehead atoms. The van der Waals surface area contributed by atoms with Crippen LogP contribution in [0.3, 0.4) is 0 Å². The van der Waals surface area contributed by atoms with Gasteiger partial charge in [0, 0.05) is 18.8 Å². The van der Waals surface area contributed by atoms with E-state index in [-0.39, 0.29) is 6.03 Å². The Labute approximate surface area is 169 Å². The highest BCUT2D eigenvalue weighted by atomic mass is 16.5. The Balaban J connectivity index is 1.39. The molecule has 0 spiro atoms. The normalized spacial score (nSPS) is 13.6. The summed E-state index contributed by atoms with van der Waals surface area (Å²) in [6.45, 7) is 3.22. The summed E-state index contributed by atoms with van der Waals surface area (Å²) in [5.74, 6) is 0.477. The van der Waals surface area contributed by atoms with Gasteiger partial charge in [-0.1, -0.05) is 30.3 Å². The van der Waals surface area contributed by atoms with Crippen molar-refractivity contribution in [1.82, 2.24) is 4.98 Å². The van der Waals surface area contributed by atoms with Crippen molar-refractivity contribution in [2.24, 2.45) is 0 Å². The van der Waals surface area contributed by atoms with Gasteiger partial charge in [0.05, 0.1) is 36.5 Å². The first kappa shape index (κ1) is 18.8. The fourth-order valence-electron chi connectivity index (χ4n) is 3.16. The molecule has 3 N–H and O–H groups in total. The predicted octanol–water partition coefficient (Wildman–Crippen LogP) is 4.31. The Kier molecular flexibility index (Phi) is 5.87. The molecule has 1 saturated heterocycles. The number of pyridine rings is 1. The van der Waals surface area contributed by atoms with E-state index < -0.39 is 0 Å². The number of urea groups is 1. The van der Waals surface area contributed by atoms with Crippen molar-refractivity contribution >= 4 is 34.6 Å². The molecule has 0 unspecified atom stereocenters.